The Morgan fingerprint density at radius 3 is 2.53 bits per heavy atom. The van der Waals surface area contributed by atoms with E-state index in [-0.39, 0.29) is 35.5 Å². The minimum Gasteiger partial charge on any atom is -0.352 e. The van der Waals surface area contributed by atoms with Crippen LogP contribution in [-0.2, 0) is 29.0 Å². The van der Waals surface area contributed by atoms with Crippen LogP contribution in [0.1, 0.15) is 47.9 Å². The molecule has 8 rings (SSSR count). The summed E-state index contributed by atoms with van der Waals surface area (Å²) >= 11 is 7.22. The van der Waals surface area contributed by atoms with Crippen LogP contribution in [0, 0.1) is 6.92 Å². The van der Waals surface area contributed by atoms with Gasteiger partial charge in [-0.1, -0.05) is 66.2 Å². The van der Waals surface area contributed by atoms with Gasteiger partial charge in [0.15, 0.2) is 0 Å². The van der Waals surface area contributed by atoms with Crippen LogP contribution >= 0.6 is 11.6 Å². The Balaban J connectivity index is 1.01. The smallest absolute Gasteiger partial charge is 0.262 e. The number of fused-ring (bicyclic) bond motifs is 2. The SMILES string of the molecule is Cc1c(-c2ccn3c(=O)c(CNC[C@@H]4CCC(=O)N4)cnc3c2)cccc1-c1cccc(-c2ccc3c(c2)C[C@H](NC(=O)[C@H]2CCCN2)C3)c1Cl. The summed E-state index contributed by atoms with van der Waals surface area (Å²) in [4.78, 5) is 42.1. The van der Waals surface area contributed by atoms with Gasteiger partial charge >= 0.3 is 0 Å². The second-order valence-electron chi connectivity index (χ2n) is 14.1. The molecule has 0 radical (unpaired) electrons. The third kappa shape index (κ3) is 6.69. The summed E-state index contributed by atoms with van der Waals surface area (Å²) in [6.07, 6.45) is 8.38. The number of benzene rings is 3. The van der Waals surface area contributed by atoms with Gasteiger partial charge in [-0.2, -0.15) is 0 Å². The number of carbonyl (C=O) groups is 2. The predicted molar refractivity (Wildman–Crippen MR) is 201 cm³/mol. The highest BCUT2D eigenvalue weighted by Crippen LogP contribution is 2.41. The van der Waals surface area contributed by atoms with Crippen LogP contribution in [0.15, 0.2) is 83.9 Å². The normalized spacial score (nSPS) is 19.7. The molecule has 2 fully saturated rings. The molecule has 3 aromatic carbocycles. The van der Waals surface area contributed by atoms with Crippen molar-refractivity contribution in [2.45, 2.75) is 70.1 Å². The lowest BCUT2D eigenvalue weighted by Gasteiger charge is -2.16. The molecule has 3 atom stereocenters. The van der Waals surface area contributed by atoms with E-state index in [1.807, 2.05) is 18.2 Å². The zero-order valence-corrected chi connectivity index (χ0v) is 29.4. The van der Waals surface area contributed by atoms with E-state index in [1.54, 1.807) is 16.8 Å². The Morgan fingerprint density at radius 2 is 1.73 bits per heavy atom. The Kier molecular flexibility index (Phi) is 9.19. The molecule has 51 heavy (non-hydrogen) atoms. The zero-order chi connectivity index (χ0) is 35.1. The maximum atomic E-state index is 13.3. The Bertz CT molecular complexity index is 2230. The van der Waals surface area contributed by atoms with Gasteiger partial charge < -0.3 is 21.3 Å². The van der Waals surface area contributed by atoms with Crippen molar-refractivity contribution in [3.63, 3.8) is 0 Å². The maximum Gasteiger partial charge on any atom is 0.262 e. The van der Waals surface area contributed by atoms with Gasteiger partial charge in [-0.3, -0.25) is 18.8 Å². The molecule has 4 heterocycles. The average molecular weight is 701 g/mol. The van der Waals surface area contributed by atoms with Gasteiger partial charge in [-0.25, -0.2) is 4.98 Å². The van der Waals surface area contributed by atoms with Gasteiger partial charge in [0.2, 0.25) is 11.8 Å². The molecule has 0 spiro atoms. The molecule has 0 bridgehead atoms. The second kappa shape index (κ2) is 14.1. The summed E-state index contributed by atoms with van der Waals surface area (Å²) < 4.78 is 1.58. The molecular formula is C41H41ClN6O3. The van der Waals surface area contributed by atoms with Crippen LogP contribution in [0.2, 0.25) is 5.02 Å². The molecule has 10 heteroatoms. The van der Waals surface area contributed by atoms with E-state index in [0.29, 0.717) is 35.7 Å². The van der Waals surface area contributed by atoms with Crippen molar-refractivity contribution in [2.75, 3.05) is 13.1 Å². The number of amides is 2. The quantitative estimate of drug-likeness (QED) is 0.165. The number of nitrogens with zero attached hydrogens (tertiary/aromatic N) is 2. The van der Waals surface area contributed by atoms with E-state index in [9.17, 15) is 14.4 Å². The third-order valence-electron chi connectivity index (χ3n) is 10.7. The second-order valence-corrected chi connectivity index (χ2v) is 14.4. The van der Waals surface area contributed by atoms with Crippen molar-refractivity contribution < 1.29 is 9.59 Å². The molecule has 260 valence electrons. The van der Waals surface area contributed by atoms with Crippen molar-refractivity contribution in [3.8, 4) is 33.4 Å². The first kappa shape index (κ1) is 33.3. The van der Waals surface area contributed by atoms with Crippen molar-refractivity contribution in [3.05, 3.63) is 117 Å². The summed E-state index contributed by atoms with van der Waals surface area (Å²) in [6.45, 7) is 4.00. The number of rotatable bonds is 9. The lowest BCUT2D eigenvalue weighted by Crippen LogP contribution is -2.45. The van der Waals surface area contributed by atoms with Crippen molar-refractivity contribution in [2.24, 2.45) is 0 Å². The Hall–Kier alpha value is -4.83. The number of aromatic nitrogens is 2. The average Bonchev–Trinajstić information content (AvgIpc) is 3.91. The van der Waals surface area contributed by atoms with Gasteiger partial charge in [0.25, 0.3) is 5.56 Å². The predicted octanol–water partition coefficient (Wildman–Crippen LogP) is 5.36. The van der Waals surface area contributed by atoms with E-state index in [4.69, 9.17) is 11.6 Å². The molecule has 3 aliphatic rings. The Labute approximate surface area is 301 Å². The molecule has 0 saturated carbocycles. The molecule has 1 aliphatic carbocycles. The minimum atomic E-state index is -0.114. The molecule has 2 aromatic heterocycles. The van der Waals surface area contributed by atoms with Gasteiger partial charge in [0, 0.05) is 60.7 Å². The van der Waals surface area contributed by atoms with Crippen LogP contribution < -0.4 is 26.8 Å². The molecule has 2 amide bonds. The molecule has 2 saturated heterocycles. The number of carbonyl (C=O) groups excluding carboxylic acids is 2. The standard InChI is InChI=1S/C41H41ClN6O3/c1-24-32(27-14-16-48-37(20-27)45-22-29(41(48)51)21-43-23-30-12-13-38(49)46-30)5-2-6-33(24)35-8-3-7-34(39(35)42)26-11-10-25-18-31(19-28(25)17-26)47-40(50)36-9-4-15-44-36/h2-3,5-8,10-11,14,16-17,20,22,30-31,36,43-44H,4,9,12-13,15,18-19,21,23H2,1H3,(H,46,49)(H,47,50)/t30-,31+,36+/m0/s1. The van der Waals surface area contributed by atoms with Gasteiger partial charge in [-0.05, 0) is 96.6 Å². The zero-order valence-electron chi connectivity index (χ0n) is 28.6. The van der Waals surface area contributed by atoms with Crippen LogP contribution in [0.25, 0.3) is 39.0 Å². The van der Waals surface area contributed by atoms with Crippen molar-refractivity contribution in [1.29, 1.82) is 0 Å². The van der Waals surface area contributed by atoms with E-state index >= 15 is 0 Å². The number of pyridine rings is 1. The van der Waals surface area contributed by atoms with Crippen molar-refractivity contribution >= 4 is 29.1 Å². The molecule has 4 N–H and O–H groups in total. The number of halogens is 1. The van der Waals surface area contributed by atoms with Gasteiger partial charge in [0.1, 0.15) is 5.65 Å². The molecular weight excluding hydrogens is 660 g/mol. The summed E-state index contributed by atoms with van der Waals surface area (Å²) in [5.41, 5.74) is 10.6. The Morgan fingerprint density at radius 1 is 0.941 bits per heavy atom. The first-order valence-electron chi connectivity index (χ1n) is 17.9. The summed E-state index contributed by atoms with van der Waals surface area (Å²) in [5, 5.41) is 13.5. The number of hydrogen-bond acceptors (Lipinski definition) is 6. The van der Waals surface area contributed by atoms with Gasteiger partial charge in [-0.15, -0.1) is 0 Å². The van der Waals surface area contributed by atoms with E-state index in [0.717, 1.165) is 77.6 Å². The van der Waals surface area contributed by atoms with Gasteiger partial charge in [0.05, 0.1) is 11.1 Å². The monoisotopic (exact) mass is 700 g/mol. The lowest BCUT2D eigenvalue weighted by molar-refractivity contribution is -0.123. The topological polar surface area (TPSA) is 117 Å². The summed E-state index contributed by atoms with van der Waals surface area (Å²) in [5.74, 6) is 0.186. The van der Waals surface area contributed by atoms with Crippen molar-refractivity contribution in [1.82, 2.24) is 30.7 Å². The fourth-order valence-corrected chi connectivity index (χ4v) is 8.25. The fraction of sp³-hybridized carbons (Fsp3) is 0.317. The fourth-order valence-electron chi connectivity index (χ4n) is 7.91. The van der Waals surface area contributed by atoms with Crippen LogP contribution in [0.3, 0.4) is 0 Å². The summed E-state index contributed by atoms with van der Waals surface area (Å²) in [7, 11) is 0. The van der Waals surface area contributed by atoms with Crippen LogP contribution in [-0.4, -0.2) is 52.4 Å². The van der Waals surface area contributed by atoms with E-state index in [1.165, 1.54) is 11.1 Å². The molecule has 2 aliphatic heterocycles. The van der Waals surface area contributed by atoms with Crippen LogP contribution in [0.5, 0.6) is 0 Å². The van der Waals surface area contributed by atoms with Crippen LogP contribution in [0.4, 0.5) is 0 Å². The highest BCUT2D eigenvalue weighted by Gasteiger charge is 2.28. The highest BCUT2D eigenvalue weighted by atomic mass is 35.5. The molecule has 0 unspecified atom stereocenters. The maximum absolute atomic E-state index is 13.3. The van der Waals surface area contributed by atoms with E-state index < -0.39 is 0 Å². The number of nitrogens with one attached hydrogen (secondary N) is 4. The minimum absolute atomic E-state index is 0.0729. The first-order valence-corrected chi connectivity index (χ1v) is 18.3. The number of hydrogen-bond donors (Lipinski definition) is 4. The summed E-state index contributed by atoms with van der Waals surface area (Å²) in [6, 6.07) is 23.0. The molecule has 5 aromatic rings. The first-order chi connectivity index (χ1) is 24.8. The highest BCUT2D eigenvalue weighted by molar-refractivity contribution is 6.36. The lowest BCUT2D eigenvalue weighted by atomic mass is 9.91. The van der Waals surface area contributed by atoms with E-state index in [2.05, 4.69) is 81.7 Å². The largest absolute Gasteiger partial charge is 0.352 e. The third-order valence-corrected chi connectivity index (χ3v) is 11.1. The molecule has 9 nitrogen and oxygen atoms in total.